The first-order valence-electron chi connectivity index (χ1n) is 7.23. The molecule has 0 radical (unpaired) electrons. The summed E-state index contributed by atoms with van der Waals surface area (Å²) in [4.78, 5) is 23.3. The highest BCUT2D eigenvalue weighted by molar-refractivity contribution is 8.01. The molecule has 0 spiro atoms. The molecule has 2 N–H and O–H groups in total. The molecule has 1 aromatic carbocycles. The van der Waals surface area contributed by atoms with Crippen molar-refractivity contribution >= 4 is 45.9 Å². The molecule has 2 heterocycles. The molecule has 0 saturated carbocycles. The highest BCUT2D eigenvalue weighted by Crippen LogP contribution is 2.34. The van der Waals surface area contributed by atoms with Crippen LogP contribution in [-0.2, 0) is 9.53 Å². The summed E-state index contributed by atoms with van der Waals surface area (Å²) in [5.41, 5.74) is 0.622. The average molecular weight is 382 g/mol. The van der Waals surface area contributed by atoms with Gasteiger partial charge in [0, 0.05) is 11.8 Å². The van der Waals surface area contributed by atoms with Gasteiger partial charge in [-0.2, -0.15) is 0 Å². The van der Waals surface area contributed by atoms with E-state index in [9.17, 15) is 9.59 Å². The SMILES string of the molecule is CCOC(=O)Nc1nnc(SCC(=O)Nc2ccc3c(c2)OCO3)s1. The molecule has 25 heavy (non-hydrogen) atoms. The molecule has 2 aromatic rings. The molecule has 1 aliphatic heterocycles. The van der Waals surface area contributed by atoms with Gasteiger partial charge in [0.15, 0.2) is 15.8 Å². The Bertz CT molecular complexity index is 782. The Hall–Kier alpha value is -2.53. The first-order valence-corrected chi connectivity index (χ1v) is 9.04. The van der Waals surface area contributed by atoms with Crippen LogP contribution in [0.3, 0.4) is 0 Å². The van der Waals surface area contributed by atoms with E-state index in [0.717, 1.165) is 11.3 Å². The molecule has 0 aliphatic carbocycles. The molecule has 0 fully saturated rings. The fourth-order valence-corrected chi connectivity index (χ4v) is 3.41. The van der Waals surface area contributed by atoms with E-state index in [1.165, 1.54) is 11.8 Å². The smallest absolute Gasteiger partial charge is 0.413 e. The van der Waals surface area contributed by atoms with Crippen molar-refractivity contribution in [2.24, 2.45) is 0 Å². The topological polar surface area (TPSA) is 112 Å². The number of anilines is 2. The van der Waals surface area contributed by atoms with E-state index in [4.69, 9.17) is 14.2 Å². The number of hydrogen-bond donors (Lipinski definition) is 2. The lowest BCUT2D eigenvalue weighted by molar-refractivity contribution is -0.113. The number of thioether (sulfide) groups is 1. The van der Waals surface area contributed by atoms with E-state index in [1.54, 1.807) is 25.1 Å². The quantitative estimate of drug-likeness (QED) is 0.579. The molecule has 0 saturated heterocycles. The first kappa shape index (κ1) is 17.3. The largest absolute Gasteiger partial charge is 0.454 e. The zero-order valence-corrected chi connectivity index (χ0v) is 14.7. The second kappa shape index (κ2) is 8.03. The summed E-state index contributed by atoms with van der Waals surface area (Å²) >= 11 is 2.38. The molecule has 1 aromatic heterocycles. The first-order chi connectivity index (χ1) is 12.1. The lowest BCUT2D eigenvalue weighted by atomic mass is 10.3. The van der Waals surface area contributed by atoms with Gasteiger partial charge in [-0.1, -0.05) is 23.1 Å². The van der Waals surface area contributed by atoms with Crippen molar-refractivity contribution in [1.82, 2.24) is 10.2 Å². The summed E-state index contributed by atoms with van der Waals surface area (Å²) in [6.07, 6.45) is -0.587. The number of aromatic nitrogens is 2. The summed E-state index contributed by atoms with van der Waals surface area (Å²) < 4.78 is 15.8. The normalized spacial score (nSPS) is 11.9. The molecular weight excluding hydrogens is 368 g/mol. The Morgan fingerprint density at radius 1 is 1.28 bits per heavy atom. The maximum atomic E-state index is 12.0. The third-order valence-corrected chi connectivity index (χ3v) is 4.85. The van der Waals surface area contributed by atoms with Crippen LogP contribution in [0.1, 0.15) is 6.92 Å². The van der Waals surface area contributed by atoms with E-state index >= 15 is 0 Å². The van der Waals surface area contributed by atoms with Gasteiger partial charge in [-0.05, 0) is 19.1 Å². The molecule has 1 aliphatic rings. The lowest BCUT2D eigenvalue weighted by Crippen LogP contribution is -2.13. The fraction of sp³-hybridized carbons (Fsp3) is 0.286. The van der Waals surface area contributed by atoms with E-state index in [0.29, 0.717) is 26.7 Å². The molecule has 11 heteroatoms. The summed E-state index contributed by atoms with van der Waals surface area (Å²) in [6.45, 7) is 2.16. The number of ether oxygens (including phenoxy) is 3. The van der Waals surface area contributed by atoms with Crippen LogP contribution >= 0.6 is 23.1 Å². The van der Waals surface area contributed by atoms with Gasteiger partial charge in [0.2, 0.25) is 17.8 Å². The number of fused-ring (bicyclic) bond motifs is 1. The molecule has 132 valence electrons. The van der Waals surface area contributed by atoms with E-state index < -0.39 is 6.09 Å². The lowest BCUT2D eigenvalue weighted by Gasteiger charge is -2.05. The number of carbonyl (C=O) groups excluding carboxylic acids is 2. The van der Waals surface area contributed by atoms with Crippen molar-refractivity contribution in [3.63, 3.8) is 0 Å². The van der Waals surface area contributed by atoms with Crippen LogP contribution in [0.4, 0.5) is 15.6 Å². The van der Waals surface area contributed by atoms with Gasteiger partial charge in [0.1, 0.15) is 0 Å². The third-order valence-electron chi connectivity index (χ3n) is 2.87. The molecule has 2 amide bonds. The summed E-state index contributed by atoms with van der Waals surface area (Å²) in [5.74, 6) is 1.22. The van der Waals surface area contributed by atoms with Crippen molar-refractivity contribution in [2.75, 3.05) is 29.8 Å². The van der Waals surface area contributed by atoms with Gasteiger partial charge in [-0.3, -0.25) is 10.1 Å². The van der Waals surface area contributed by atoms with E-state index in [2.05, 4.69) is 20.8 Å². The molecular formula is C14H14N4O5S2. The third kappa shape index (κ3) is 4.73. The van der Waals surface area contributed by atoms with E-state index in [1.807, 2.05) is 0 Å². The number of hydrogen-bond acceptors (Lipinski definition) is 9. The van der Waals surface area contributed by atoms with Crippen molar-refractivity contribution in [2.45, 2.75) is 11.3 Å². The van der Waals surface area contributed by atoms with Crippen LogP contribution in [0.5, 0.6) is 11.5 Å². The van der Waals surface area contributed by atoms with Gasteiger partial charge >= 0.3 is 6.09 Å². The maximum absolute atomic E-state index is 12.0. The number of amides is 2. The number of rotatable bonds is 6. The summed E-state index contributed by atoms with van der Waals surface area (Å²) in [7, 11) is 0. The maximum Gasteiger partial charge on any atom is 0.413 e. The van der Waals surface area contributed by atoms with Crippen LogP contribution in [-0.4, -0.2) is 41.4 Å². The summed E-state index contributed by atoms with van der Waals surface area (Å²) in [5, 5.41) is 13.3. The van der Waals surface area contributed by atoms with E-state index in [-0.39, 0.29) is 25.1 Å². The predicted molar refractivity (Wildman–Crippen MR) is 92.5 cm³/mol. The molecule has 9 nitrogen and oxygen atoms in total. The Balaban J connectivity index is 1.47. The number of carbonyl (C=O) groups is 2. The highest BCUT2D eigenvalue weighted by atomic mass is 32.2. The minimum Gasteiger partial charge on any atom is -0.454 e. The second-order valence-electron chi connectivity index (χ2n) is 4.62. The van der Waals surface area contributed by atoms with Crippen LogP contribution in [0, 0.1) is 0 Å². The van der Waals surface area contributed by atoms with Crippen molar-refractivity contribution in [1.29, 1.82) is 0 Å². The molecule has 0 unspecified atom stereocenters. The average Bonchev–Trinajstić information content (AvgIpc) is 3.21. The number of nitrogens with one attached hydrogen (secondary N) is 2. The zero-order chi connectivity index (χ0) is 17.6. The van der Waals surface area contributed by atoms with Crippen molar-refractivity contribution < 1.29 is 23.8 Å². The van der Waals surface area contributed by atoms with Gasteiger partial charge < -0.3 is 19.5 Å². The Labute approximate surface area is 151 Å². The standard InChI is InChI=1S/C14H14N4O5S2/c1-2-21-13(20)16-12-17-18-14(25-12)24-6-11(19)15-8-3-4-9-10(5-8)23-7-22-9/h3-5H,2,6-7H2,1H3,(H,15,19)(H,16,17,20). The van der Waals surface area contributed by atoms with Crippen LogP contribution in [0.25, 0.3) is 0 Å². The monoisotopic (exact) mass is 382 g/mol. The van der Waals surface area contributed by atoms with Gasteiger partial charge in [-0.25, -0.2) is 4.79 Å². The molecule has 0 bridgehead atoms. The van der Waals surface area contributed by atoms with Crippen LogP contribution in [0.15, 0.2) is 22.5 Å². The second-order valence-corrected chi connectivity index (χ2v) is 6.82. The van der Waals surface area contributed by atoms with Gasteiger partial charge in [-0.15, -0.1) is 10.2 Å². The Kier molecular flexibility index (Phi) is 5.56. The van der Waals surface area contributed by atoms with Gasteiger partial charge in [0.05, 0.1) is 12.4 Å². The predicted octanol–water partition coefficient (Wildman–Crippen LogP) is 2.57. The number of benzene rings is 1. The minimum atomic E-state index is -0.587. The van der Waals surface area contributed by atoms with Crippen molar-refractivity contribution in [3.8, 4) is 11.5 Å². The van der Waals surface area contributed by atoms with Gasteiger partial charge in [0.25, 0.3) is 0 Å². The molecule has 0 atom stereocenters. The molecule has 3 rings (SSSR count). The summed E-state index contributed by atoms with van der Waals surface area (Å²) in [6, 6.07) is 5.18. The Morgan fingerprint density at radius 3 is 2.96 bits per heavy atom. The highest BCUT2D eigenvalue weighted by Gasteiger charge is 2.15. The minimum absolute atomic E-state index is 0.155. The Morgan fingerprint density at radius 2 is 2.12 bits per heavy atom. The van der Waals surface area contributed by atoms with Crippen LogP contribution in [0.2, 0.25) is 0 Å². The van der Waals surface area contributed by atoms with Crippen molar-refractivity contribution in [3.05, 3.63) is 18.2 Å². The van der Waals surface area contributed by atoms with Crippen LogP contribution < -0.4 is 20.1 Å². The fourth-order valence-electron chi connectivity index (χ4n) is 1.87. The number of nitrogens with zero attached hydrogens (tertiary/aromatic N) is 2. The zero-order valence-electron chi connectivity index (χ0n) is 13.1.